The molecule has 1 aromatic carbocycles. The standard InChI is InChI=1S/C16H24FN3/c1-3-16(2)4-6-20(7-5-16)11-12-8-13(15(18)19)10-14(17)9-12/h8-10H,3-7,11H2,1-2H3,(H3,18,19). The number of piperidine rings is 1. The van der Waals surface area contributed by atoms with E-state index in [2.05, 4.69) is 18.7 Å². The number of amidine groups is 1. The molecule has 0 atom stereocenters. The fourth-order valence-electron chi connectivity index (χ4n) is 2.76. The summed E-state index contributed by atoms with van der Waals surface area (Å²) in [5, 5.41) is 7.42. The van der Waals surface area contributed by atoms with Gasteiger partial charge in [-0.05, 0) is 55.1 Å². The zero-order valence-corrected chi connectivity index (χ0v) is 12.4. The van der Waals surface area contributed by atoms with E-state index in [-0.39, 0.29) is 11.7 Å². The molecule has 1 aliphatic heterocycles. The van der Waals surface area contributed by atoms with Gasteiger partial charge >= 0.3 is 0 Å². The molecule has 110 valence electrons. The summed E-state index contributed by atoms with van der Waals surface area (Å²) in [6.45, 7) is 7.44. The van der Waals surface area contributed by atoms with E-state index in [1.54, 1.807) is 6.07 Å². The molecular formula is C16H24FN3. The maximum atomic E-state index is 13.5. The van der Waals surface area contributed by atoms with E-state index in [9.17, 15) is 4.39 Å². The lowest BCUT2D eigenvalue weighted by atomic mass is 9.78. The van der Waals surface area contributed by atoms with Crippen molar-refractivity contribution in [3.63, 3.8) is 0 Å². The Morgan fingerprint density at radius 2 is 2.00 bits per heavy atom. The second-order valence-corrected chi connectivity index (χ2v) is 6.20. The van der Waals surface area contributed by atoms with Crippen LogP contribution in [0.15, 0.2) is 18.2 Å². The third-order valence-corrected chi connectivity index (χ3v) is 4.59. The van der Waals surface area contributed by atoms with Gasteiger partial charge in [0, 0.05) is 12.1 Å². The van der Waals surface area contributed by atoms with Gasteiger partial charge < -0.3 is 5.73 Å². The molecule has 0 radical (unpaired) electrons. The molecule has 1 saturated heterocycles. The summed E-state index contributed by atoms with van der Waals surface area (Å²) >= 11 is 0. The molecule has 0 aromatic heterocycles. The fourth-order valence-corrected chi connectivity index (χ4v) is 2.76. The number of nitrogens with two attached hydrogens (primary N) is 1. The molecule has 20 heavy (non-hydrogen) atoms. The molecule has 1 fully saturated rings. The molecule has 2 rings (SSSR count). The zero-order valence-electron chi connectivity index (χ0n) is 12.4. The Balaban J connectivity index is 2.03. The lowest BCUT2D eigenvalue weighted by Gasteiger charge is -2.39. The van der Waals surface area contributed by atoms with Gasteiger partial charge in [0.2, 0.25) is 0 Å². The molecular weight excluding hydrogens is 253 g/mol. The molecule has 0 unspecified atom stereocenters. The number of benzene rings is 1. The molecule has 4 heteroatoms. The number of rotatable bonds is 4. The Hall–Kier alpha value is -1.42. The van der Waals surface area contributed by atoms with E-state index in [1.165, 1.54) is 25.3 Å². The molecule has 1 heterocycles. The summed E-state index contributed by atoms with van der Waals surface area (Å²) in [6, 6.07) is 4.68. The highest BCUT2D eigenvalue weighted by Gasteiger charge is 2.28. The summed E-state index contributed by atoms with van der Waals surface area (Å²) in [5.41, 5.74) is 7.27. The highest BCUT2D eigenvalue weighted by atomic mass is 19.1. The summed E-state index contributed by atoms with van der Waals surface area (Å²) in [7, 11) is 0. The smallest absolute Gasteiger partial charge is 0.124 e. The topological polar surface area (TPSA) is 53.1 Å². The van der Waals surface area contributed by atoms with E-state index in [4.69, 9.17) is 11.1 Å². The van der Waals surface area contributed by atoms with Crippen LogP contribution in [0.25, 0.3) is 0 Å². The van der Waals surface area contributed by atoms with Gasteiger partial charge in [-0.3, -0.25) is 10.3 Å². The number of likely N-dealkylation sites (tertiary alicyclic amines) is 1. The number of hydrogen-bond donors (Lipinski definition) is 2. The van der Waals surface area contributed by atoms with E-state index in [1.807, 2.05) is 6.07 Å². The van der Waals surface area contributed by atoms with Crippen molar-refractivity contribution >= 4 is 5.84 Å². The van der Waals surface area contributed by atoms with Gasteiger partial charge in [0.15, 0.2) is 0 Å². The maximum absolute atomic E-state index is 13.5. The van der Waals surface area contributed by atoms with Crippen LogP contribution in [0, 0.1) is 16.6 Å². The number of nitrogens with one attached hydrogen (secondary N) is 1. The predicted octanol–water partition coefficient (Wildman–Crippen LogP) is 3.12. The highest BCUT2D eigenvalue weighted by molar-refractivity contribution is 5.95. The summed E-state index contributed by atoms with van der Waals surface area (Å²) < 4.78 is 13.5. The van der Waals surface area contributed by atoms with E-state index in [0.717, 1.165) is 25.2 Å². The average Bonchev–Trinajstić information content (AvgIpc) is 2.41. The number of nitrogen functional groups attached to an aromatic ring is 1. The molecule has 1 aliphatic rings. The van der Waals surface area contributed by atoms with E-state index >= 15 is 0 Å². The van der Waals surface area contributed by atoms with Crippen LogP contribution in [0.5, 0.6) is 0 Å². The molecule has 0 amide bonds. The summed E-state index contributed by atoms with van der Waals surface area (Å²) in [6.07, 6.45) is 3.60. The van der Waals surface area contributed by atoms with Crippen molar-refractivity contribution in [1.82, 2.24) is 4.90 Å². The van der Waals surface area contributed by atoms with Crippen molar-refractivity contribution in [2.45, 2.75) is 39.7 Å². The van der Waals surface area contributed by atoms with E-state index < -0.39 is 0 Å². The molecule has 0 aliphatic carbocycles. The minimum absolute atomic E-state index is 0.0806. The molecule has 3 N–H and O–H groups in total. The van der Waals surface area contributed by atoms with Crippen LogP contribution in [0.3, 0.4) is 0 Å². The summed E-state index contributed by atoms with van der Waals surface area (Å²) in [4.78, 5) is 2.36. The lowest BCUT2D eigenvalue weighted by Crippen LogP contribution is -2.38. The quantitative estimate of drug-likeness (QED) is 0.656. The van der Waals surface area contributed by atoms with Crippen LogP contribution >= 0.6 is 0 Å². The largest absolute Gasteiger partial charge is 0.384 e. The molecule has 0 saturated carbocycles. The van der Waals surface area contributed by atoms with Crippen molar-refractivity contribution in [2.24, 2.45) is 11.1 Å². The highest BCUT2D eigenvalue weighted by Crippen LogP contribution is 2.34. The molecule has 0 spiro atoms. The van der Waals surface area contributed by atoms with Gasteiger partial charge in [-0.25, -0.2) is 4.39 Å². The normalized spacial score (nSPS) is 18.9. The Morgan fingerprint density at radius 3 is 2.55 bits per heavy atom. The fraction of sp³-hybridized carbons (Fsp3) is 0.562. The second kappa shape index (κ2) is 5.92. The Bertz CT molecular complexity index is 490. The van der Waals surface area contributed by atoms with E-state index in [0.29, 0.717) is 11.0 Å². The van der Waals surface area contributed by atoms with Crippen molar-refractivity contribution in [1.29, 1.82) is 5.41 Å². The van der Waals surface area contributed by atoms with Crippen LogP contribution in [0.2, 0.25) is 0 Å². The van der Waals surface area contributed by atoms with Crippen LogP contribution < -0.4 is 5.73 Å². The SMILES string of the molecule is CCC1(C)CCN(Cc2cc(F)cc(C(=N)N)c2)CC1. The van der Waals surface area contributed by atoms with Crippen LogP contribution in [-0.2, 0) is 6.54 Å². The average molecular weight is 277 g/mol. The molecule has 1 aromatic rings. The summed E-state index contributed by atoms with van der Waals surface area (Å²) in [5.74, 6) is -0.397. The van der Waals surface area contributed by atoms with Gasteiger partial charge in [0.25, 0.3) is 0 Å². The molecule has 0 bridgehead atoms. The van der Waals surface area contributed by atoms with Crippen LogP contribution in [-0.4, -0.2) is 23.8 Å². The van der Waals surface area contributed by atoms with Gasteiger partial charge in [-0.15, -0.1) is 0 Å². The first-order chi connectivity index (χ1) is 9.42. The van der Waals surface area contributed by atoms with Gasteiger partial charge in [-0.1, -0.05) is 20.3 Å². The first-order valence-electron chi connectivity index (χ1n) is 7.28. The Kier molecular flexibility index (Phi) is 4.43. The zero-order chi connectivity index (χ0) is 14.8. The van der Waals surface area contributed by atoms with Crippen molar-refractivity contribution in [2.75, 3.05) is 13.1 Å². The van der Waals surface area contributed by atoms with Crippen molar-refractivity contribution < 1.29 is 4.39 Å². The Labute approximate surface area is 120 Å². The Morgan fingerprint density at radius 1 is 1.35 bits per heavy atom. The molecule has 3 nitrogen and oxygen atoms in total. The van der Waals surface area contributed by atoms with Crippen molar-refractivity contribution in [3.8, 4) is 0 Å². The first-order valence-corrected chi connectivity index (χ1v) is 7.28. The number of hydrogen-bond acceptors (Lipinski definition) is 2. The maximum Gasteiger partial charge on any atom is 0.124 e. The second-order valence-electron chi connectivity index (χ2n) is 6.20. The number of halogens is 1. The first kappa shape index (κ1) is 15.0. The van der Waals surface area contributed by atoms with Gasteiger partial charge in [-0.2, -0.15) is 0 Å². The lowest BCUT2D eigenvalue weighted by molar-refractivity contribution is 0.109. The third-order valence-electron chi connectivity index (χ3n) is 4.59. The van der Waals surface area contributed by atoms with Crippen LogP contribution in [0.1, 0.15) is 44.2 Å². The van der Waals surface area contributed by atoms with Gasteiger partial charge in [0.05, 0.1) is 0 Å². The monoisotopic (exact) mass is 277 g/mol. The number of nitrogens with zero attached hydrogens (tertiary/aromatic N) is 1. The van der Waals surface area contributed by atoms with Crippen molar-refractivity contribution in [3.05, 3.63) is 35.1 Å². The minimum Gasteiger partial charge on any atom is -0.384 e. The third kappa shape index (κ3) is 3.57. The minimum atomic E-state index is -0.317. The predicted molar refractivity (Wildman–Crippen MR) is 80.3 cm³/mol. The van der Waals surface area contributed by atoms with Gasteiger partial charge in [0.1, 0.15) is 11.7 Å². The van der Waals surface area contributed by atoms with Crippen LogP contribution in [0.4, 0.5) is 4.39 Å².